The third kappa shape index (κ3) is 44.2. The summed E-state index contributed by atoms with van der Waals surface area (Å²) >= 11 is 25.4. The van der Waals surface area contributed by atoms with E-state index in [1.807, 2.05) is 0 Å². The fraction of sp³-hybridized carbons (Fsp3) is 0.639. The Kier molecular flexibility index (Phi) is 54.5. The Balaban J connectivity index is 3.54. The van der Waals surface area contributed by atoms with Gasteiger partial charge in [-0.2, -0.15) is 75.8 Å². The average molecular weight is 1850 g/mol. The second-order valence-corrected chi connectivity index (χ2v) is 31.1. The van der Waals surface area contributed by atoms with Gasteiger partial charge >= 0.3 is 5.97 Å². The number of rotatable bonds is 60. The summed E-state index contributed by atoms with van der Waals surface area (Å²) in [6, 6.07) is -11.3. The van der Waals surface area contributed by atoms with Crippen LogP contribution >= 0.6 is 75.8 Å². The summed E-state index contributed by atoms with van der Waals surface area (Å²) < 4.78 is 0. The SMILES string of the molecule is CC[C@H](C)[C@H](NC(=O)[C@H](CS)NC(=O)[C@H](CCCN=C(N)N)NC(=O)[C@H](CS)NC(=O)[C@@H](NC(=O)CNC(=O)[C@H](CCCN=C(N)N)NC(=O)[C@H](CCCN=C(N)N)NC(=O)[C@H](CS)NC(=O)[C@H](CC(C)C)NC(=O)[C@H](CS)NC(=O)[C@H](CCCN=C(N)N)NC(=O)[C@H](CS)NC(=O)[C@H](Cc1ccccc1)NC(=O)CN)C(C)C)C(=O)N[C@@H](CS)C(=O)O. The number of guanidine groups is 4. The Labute approximate surface area is 747 Å². The van der Waals surface area contributed by atoms with E-state index >= 15 is 0 Å². The molecule has 51 heteroatoms. The van der Waals surface area contributed by atoms with Crippen LogP contribution in [0.3, 0.4) is 0 Å². The number of carbonyl (C=O) groups is 16. The number of amides is 15. The zero-order valence-electron chi connectivity index (χ0n) is 69.6. The number of carboxylic acid groups (broad SMARTS) is 1. The van der Waals surface area contributed by atoms with Crippen molar-refractivity contribution in [2.24, 2.45) is 89.3 Å². The number of aliphatic carboxylic acids is 1. The van der Waals surface area contributed by atoms with Crippen molar-refractivity contribution >= 4 is 194 Å². The highest BCUT2D eigenvalue weighted by Gasteiger charge is 2.38. The molecule has 123 heavy (non-hydrogen) atoms. The van der Waals surface area contributed by atoms with Gasteiger partial charge in [0.15, 0.2) is 23.8 Å². The third-order valence-corrected chi connectivity index (χ3v) is 20.3. The number of carboxylic acids is 1. The number of benzene rings is 1. The molecule has 45 nitrogen and oxygen atoms in total. The summed E-state index contributed by atoms with van der Waals surface area (Å²) in [5.41, 5.74) is 50.5. The summed E-state index contributed by atoms with van der Waals surface area (Å²) in [4.78, 5) is 236. The Morgan fingerprint density at radius 3 is 0.959 bits per heavy atom. The molecule has 0 unspecified atom stereocenters. The quantitative estimate of drug-likeness (QED) is 0.0125. The highest BCUT2D eigenvalue weighted by molar-refractivity contribution is 7.81. The second kappa shape index (κ2) is 60.4. The first-order valence-electron chi connectivity index (χ1n) is 39.4. The molecule has 0 radical (unpaired) electrons. The van der Waals surface area contributed by atoms with E-state index < -0.39 is 210 Å². The lowest BCUT2D eigenvalue weighted by Crippen LogP contribution is -2.61. The molecule has 1 rings (SSSR count). The molecule has 0 aliphatic heterocycles. The molecular weight excluding hydrogens is 1720 g/mol. The Morgan fingerprint density at radius 2 is 0.642 bits per heavy atom. The molecule has 692 valence electrons. The summed E-state index contributed by atoms with van der Waals surface area (Å²) in [5, 5.41) is 47.4. The smallest absolute Gasteiger partial charge is 0.327 e. The number of aliphatic imine (C=N–C) groups is 4. The van der Waals surface area contributed by atoms with E-state index in [-0.39, 0.29) is 149 Å². The summed E-state index contributed by atoms with van der Waals surface area (Å²) in [5.74, 6) is -19.6. The normalized spacial score (nSPS) is 14.6. The van der Waals surface area contributed by atoms with Gasteiger partial charge in [-0.25, -0.2) is 4.79 Å². The molecule has 0 fully saturated rings. The molecule has 0 aliphatic rings. The fourth-order valence-corrected chi connectivity index (χ4v) is 12.8. The van der Waals surface area contributed by atoms with E-state index in [9.17, 15) is 81.8 Å². The summed E-state index contributed by atoms with van der Waals surface area (Å²) in [6.07, 6.45) is -0.138. The Bertz CT molecular complexity index is 3770. The van der Waals surface area contributed by atoms with Crippen LogP contribution in [0.1, 0.15) is 111 Å². The molecule has 1 aromatic rings. The van der Waals surface area contributed by atoms with Crippen LogP contribution in [0.4, 0.5) is 0 Å². The first kappa shape index (κ1) is 111. The van der Waals surface area contributed by atoms with Gasteiger partial charge in [0.25, 0.3) is 0 Å². The number of hydrogen-bond acceptors (Lipinski definition) is 27. The van der Waals surface area contributed by atoms with Gasteiger partial charge in [0, 0.05) is 67.1 Å². The molecule has 0 heterocycles. The minimum Gasteiger partial charge on any atom is -0.480 e. The molecule has 0 spiro atoms. The lowest BCUT2D eigenvalue weighted by Gasteiger charge is -2.28. The second-order valence-electron chi connectivity index (χ2n) is 28.9. The van der Waals surface area contributed by atoms with E-state index in [1.165, 1.54) is 0 Å². The standard InChI is InChI=1S/C72H126N28O17S6/c1-7-37(6)54(67(115)98-50(34-123)68(116)117)100-65(113)49(33-122)94-58(106)42(20-14-24-85-72(80)81)91-63(111)48(32-121)97-66(114)53(36(4)5)99-52(102)28-86-55(103)39(17-11-21-82-69(74)75)88-56(104)40(18-12-22-83-70(76)77)89-61(109)45(29-118)95-59(107)43(25-35(2)3)92-64(112)47(31-120)93-57(105)41(19-13-23-84-71(78)79)90-62(110)46(30-119)96-60(108)44(87-51(101)27-73)26-38-15-9-8-10-16-38/h8-10,15-16,35-37,39-50,53-54,118-123H,7,11-14,17-34,73H2,1-6H3,(H,86,103)(H,87,101)(H,88,104)(H,89,109)(H,90,110)(H,91,111)(H,92,112)(H,93,105)(H,94,106)(H,95,107)(H,96,108)(H,97,114)(H,98,115)(H,99,102)(H,100,113)(H,116,117)(H4,74,75,82)(H4,76,77,83)(H4,78,79,84)(H4,80,81,85)/t37-,39-,40-,41-,42-,43-,44-,45-,46-,47-,48-,49-,50-,53-,54-/m0/s1. The highest BCUT2D eigenvalue weighted by Crippen LogP contribution is 2.15. The minimum atomic E-state index is -1.55. The van der Waals surface area contributed by atoms with E-state index in [0.29, 0.717) is 12.0 Å². The van der Waals surface area contributed by atoms with Crippen molar-refractivity contribution in [3.63, 3.8) is 0 Å². The van der Waals surface area contributed by atoms with E-state index in [0.717, 1.165) is 0 Å². The number of nitrogens with zero attached hydrogens (tertiary/aromatic N) is 4. The van der Waals surface area contributed by atoms with Crippen molar-refractivity contribution in [1.82, 2.24) is 79.8 Å². The van der Waals surface area contributed by atoms with Crippen LogP contribution in [0.25, 0.3) is 0 Å². The van der Waals surface area contributed by atoms with Gasteiger partial charge in [-0.1, -0.05) is 78.3 Å². The van der Waals surface area contributed by atoms with Gasteiger partial charge in [-0.3, -0.25) is 91.9 Å². The number of hydrogen-bond donors (Lipinski definition) is 31. The zero-order valence-corrected chi connectivity index (χ0v) is 75.0. The molecule has 0 saturated heterocycles. The molecule has 0 aliphatic carbocycles. The molecule has 1 aromatic carbocycles. The Morgan fingerprint density at radius 1 is 0.350 bits per heavy atom. The van der Waals surface area contributed by atoms with Crippen molar-refractivity contribution in [3.05, 3.63) is 35.9 Å². The van der Waals surface area contributed by atoms with Gasteiger partial charge in [0.1, 0.15) is 84.6 Å². The molecule has 34 N–H and O–H groups in total. The van der Waals surface area contributed by atoms with Gasteiger partial charge < -0.3 is 136 Å². The van der Waals surface area contributed by atoms with Crippen molar-refractivity contribution < 1.29 is 81.8 Å². The van der Waals surface area contributed by atoms with Crippen molar-refractivity contribution in [3.8, 4) is 0 Å². The molecule has 0 bridgehead atoms. The Hall–Kier alpha value is -10.1. The number of nitrogens with one attached hydrogen (secondary N) is 15. The van der Waals surface area contributed by atoms with Crippen LogP contribution in [-0.2, 0) is 83.1 Å². The minimum absolute atomic E-state index is 0.00416. The topological polar surface area (TPSA) is 757 Å². The third-order valence-electron chi connectivity index (χ3n) is 18.1. The van der Waals surface area contributed by atoms with Gasteiger partial charge in [-0.05, 0) is 81.1 Å². The molecule has 15 atom stereocenters. The maximum absolute atomic E-state index is 14.5. The van der Waals surface area contributed by atoms with Crippen LogP contribution in [0.5, 0.6) is 0 Å². The van der Waals surface area contributed by atoms with Gasteiger partial charge in [0.05, 0.1) is 13.1 Å². The van der Waals surface area contributed by atoms with Gasteiger partial charge in [0.2, 0.25) is 88.6 Å². The maximum Gasteiger partial charge on any atom is 0.327 e. The predicted molar refractivity (Wildman–Crippen MR) is 483 cm³/mol. The van der Waals surface area contributed by atoms with Crippen molar-refractivity contribution in [1.29, 1.82) is 0 Å². The highest BCUT2D eigenvalue weighted by atomic mass is 32.1. The number of carbonyl (C=O) groups excluding carboxylic acids is 15. The number of nitrogens with two attached hydrogens (primary N) is 9. The van der Waals surface area contributed by atoms with Crippen LogP contribution in [0.2, 0.25) is 0 Å². The van der Waals surface area contributed by atoms with E-state index in [2.05, 4.69) is 175 Å². The van der Waals surface area contributed by atoms with E-state index in [1.54, 1.807) is 71.9 Å². The molecule has 0 saturated carbocycles. The lowest BCUT2D eigenvalue weighted by atomic mass is 9.97. The first-order valence-corrected chi connectivity index (χ1v) is 43.2. The largest absolute Gasteiger partial charge is 0.480 e. The van der Waals surface area contributed by atoms with Crippen molar-refractivity contribution in [2.75, 3.05) is 73.8 Å². The predicted octanol–water partition coefficient (Wildman–Crippen LogP) is -9.28. The van der Waals surface area contributed by atoms with Crippen molar-refractivity contribution in [2.45, 2.75) is 197 Å². The summed E-state index contributed by atoms with van der Waals surface area (Å²) in [7, 11) is 0. The zero-order chi connectivity index (χ0) is 93.2. The summed E-state index contributed by atoms with van der Waals surface area (Å²) in [6.45, 7) is 8.49. The van der Waals surface area contributed by atoms with Crippen LogP contribution in [0, 0.1) is 17.8 Å². The fourth-order valence-electron chi connectivity index (χ4n) is 11.2. The maximum atomic E-state index is 14.5. The monoisotopic (exact) mass is 1850 g/mol. The molecule has 15 amide bonds. The first-order chi connectivity index (χ1) is 58.0. The van der Waals surface area contributed by atoms with Gasteiger partial charge in [-0.15, -0.1) is 0 Å². The lowest BCUT2D eigenvalue weighted by molar-refractivity contribution is -0.142. The van der Waals surface area contributed by atoms with Crippen LogP contribution < -0.4 is 131 Å². The average Bonchev–Trinajstić information content (AvgIpc) is 0.851. The molecule has 0 aromatic heterocycles. The number of thiol groups is 6. The van der Waals surface area contributed by atoms with Crippen LogP contribution in [-0.4, -0.2) is 282 Å². The van der Waals surface area contributed by atoms with E-state index in [4.69, 9.17) is 51.6 Å². The molecular formula is C72H126N28O17S6. The van der Waals surface area contributed by atoms with Crippen LogP contribution in [0.15, 0.2) is 50.3 Å².